The fourth-order valence-electron chi connectivity index (χ4n) is 1.09. The second kappa shape index (κ2) is 3.02. The lowest BCUT2D eigenvalue weighted by Crippen LogP contribution is -1.93. The van der Waals surface area contributed by atoms with E-state index >= 15 is 0 Å². The molecule has 0 fully saturated rings. The molecule has 68 valence electrons. The van der Waals surface area contributed by atoms with E-state index in [2.05, 4.69) is 10.1 Å². The molecule has 0 aliphatic carbocycles. The molecule has 0 aliphatic rings. The minimum atomic E-state index is -0.0777. The Balaban J connectivity index is 2.57. The summed E-state index contributed by atoms with van der Waals surface area (Å²) >= 11 is 0. The molecule has 2 aromatic heterocycles. The van der Waals surface area contributed by atoms with Crippen molar-refractivity contribution in [2.75, 3.05) is 7.11 Å². The summed E-state index contributed by atoms with van der Waals surface area (Å²) in [6.45, 7) is -0.0777. The average Bonchev–Trinajstić information content (AvgIpc) is 2.58. The van der Waals surface area contributed by atoms with Crippen LogP contribution in [0.15, 0.2) is 18.5 Å². The van der Waals surface area contributed by atoms with Crippen LogP contribution in [0.3, 0.4) is 0 Å². The summed E-state index contributed by atoms with van der Waals surface area (Å²) in [4.78, 5) is 4.08. The van der Waals surface area contributed by atoms with Crippen LogP contribution in [0.4, 0.5) is 0 Å². The highest BCUT2D eigenvalue weighted by molar-refractivity contribution is 5.40. The normalized spacial score (nSPS) is 10.6. The molecule has 5 heteroatoms. The number of aliphatic hydroxyl groups excluding tert-OH is 1. The van der Waals surface area contributed by atoms with E-state index < -0.39 is 0 Å². The van der Waals surface area contributed by atoms with Crippen LogP contribution in [-0.2, 0) is 6.61 Å². The third-order valence-corrected chi connectivity index (χ3v) is 1.74. The molecule has 0 aliphatic heterocycles. The van der Waals surface area contributed by atoms with Gasteiger partial charge in [0.15, 0.2) is 11.4 Å². The standard InChI is InChI=1S/C8H9N3O2/c1-13-7-3-9-8-2-6(5-12)10-11(8)4-7/h2-4,12H,5H2,1H3. The molecule has 13 heavy (non-hydrogen) atoms. The molecule has 2 rings (SSSR count). The number of aromatic nitrogens is 3. The zero-order valence-electron chi connectivity index (χ0n) is 7.14. The van der Waals surface area contributed by atoms with Gasteiger partial charge >= 0.3 is 0 Å². The summed E-state index contributed by atoms with van der Waals surface area (Å²) in [5.74, 6) is 0.639. The van der Waals surface area contributed by atoms with Gasteiger partial charge in [-0.15, -0.1) is 0 Å². The maximum Gasteiger partial charge on any atom is 0.155 e. The number of ether oxygens (including phenoxy) is 1. The quantitative estimate of drug-likeness (QED) is 0.716. The number of methoxy groups -OCH3 is 1. The molecule has 2 aromatic rings. The van der Waals surface area contributed by atoms with Crippen LogP contribution in [-0.4, -0.2) is 26.8 Å². The van der Waals surface area contributed by atoms with Crippen LogP contribution in [0.1, 0.15) is 5.69 Å². The second-order valence-electron chi connectivity index (χ2n) is 2.59. The third-order valence-electron chi connectivity index (χ3n) is 1.74. The average molecular weight is 179 g/mol. The Hall–Kier alpha value is -1.62. The maximum absolute atomic E-state index is 8.83. The van der Waals surface area contributed by atoms with E-state index in [-0.39, 0.29) is 6.61 Å². The second-order valence-corrected chi connectivity index (χ2v) is 2.59. The van der Waals surface area contributed by atoms with Crippen molar-refractivity contribution in [2.24, 2.45) is 0 Å². The highest BCUT2D eigenvalue weighted by Gasteiger charge is 2.01. The summed E-state index contributed by atoms with van der Waals surface area (Å²) in [5.41, 5.74) is 1.30. The molecule has 0 bridgehead atoms. The minimum Gasteiger partial charge on any atom is -0.494 e. The molecule has 0 saturated carbocycles. The van der Waals surface area contributed by atoms with Crippen LogP contribution in [0, 0.1) is 0 Å². The topological polar surface area (TPSA) is 59.7 Å². The minimum absolute atomic E-state index is 0.0777. The van der Waals surface area contributed by atoms with Crippen molar-refractivity contribution in [1.29, 1.82) is 0 Å². The molecule has 0 aromatic carbocycles. The molecule has 1 N–H and O–H groups in total. The van der Waals surface area contributed by atoms with Crippen molar-refractivity contribution in [3.8, 4) is 5.75 Å². The first kappa shape index (κ1) is 8.00. The lowest BCUT2D eigenvalue weighted by molar-refractivity contribution is 0.276. The van der Waals surface area contributed by atoms with E-state index in [1.807, 2.05) is 0 Å². The van der Waals surface area contributed by atoms with E-state index in [0.29, 0.717) is 17.1 Å². The first-order valence-electron chi connectivity index (χ1n) is 3.82. The number of hydrogen-bond donors (Lipinski definition) is 1. The monoisotopic (exact) mass is 179 g/mol. The molecule has 0 atom stereocenters. The summed E-state index contributed by atoms with van der Waals surface area (Å²) in [6, 6.07) is 1.72. The van der Waals surface area contributed by atoms with Crippen molar-refractivity contribution >= 4 is 5.65 Å². The number of hydrogen-bond acceptors (Lipinski definition) is 4. The first-order valence-corrected chi connectivity index (χ1v) is 3.82. The van der Waals surface area contributed by atoms with Crippen LogP contribution in [0.2, 0.25) is 0 Å². The third kappa shape index (κ3) is 1.33. The SMILES string of the molecule is COc1cnc2cc(CO)nn2c1. The molecule has 0 unspecified atom stereocenters. The van der Waals surface area contributed by atoms with Gasteiger partial charge in [-0.1, -0.05) is 0 Å². The van der Waals surface area contributed by atoms with E-state index in [9.17, 15) is 0 Å². The van der Waals surface area contributed by atoms with E-state index in [0.717, 1.165) is 0 Å². The molecular weight excluding hydrogens is 170 g/mol. The van der Waals surface area contributed by atoms with Crippen LogP contribution in [0.5, 0.6) is 5.75 Å². The Kier molecular flexibility index (Phi) is 1.86. The molecule has 2 heterocycles. The zero-order chi connectivity index (χ0) is 9.26. The Labute approximate surface area is 74.6 Å². The largest absolute Gasteiger partial charge is 0.494 e. The van der Waals surface area contributed by atoms with Gasteiger partial charge in [0, 0.05) is 6.07 Å². The summed E-state index contributed by atoms with van der Waals surface area (Å²) in [5, 5.41) is 12.9. The van der Waals surface area contributed by atoms with Crippen LogP contribution in [0.25, 0.3) is 5.65 Å². The number of fused-ring (bicyclic) bond motifs is 1. The number of rotatable bonds is 2. The van der Waals surface area contributed by atoms with Crippen molar-refractivity contribution < 1.29 is 9.84 Å². The smallest absolute Gasteiger partial charge is 0.155 e. The zero-order valence-corrected chi connectivity index (χ0v) is 7.14. The number of nitrogens with zero attached hydrogens (tertiary/aromatic N) is 3. The van der Waals surface area contributed by atoms with Crippen LogP contribution >= 0.6 is 0 Å². The Morgan fingerprint density at radius 2 is 2.46 bits per heavy atom. The Bertz CT molecular complexity index is 422. The van der Waals surface area contributed by atoms with E-state index in [1.165, 1.54) is 0 Å². The molecule has 0 saturated heterocycles. The van der Waals surface area contributed by atoms with Crippen molar-refractivity contribution in [3.63, 3.8) is 0 Å². The van der Waals surface area contributed by atoms with Gasteiger partial charge in [-0.2, -0.15) is 5.10 Å². The fraction of sp³-hybridized carbons (Fsp3) is 0.250. The summed E-state index contributed by atoms with van der Waals surface area (Å²) in [7, 11) is 1.57. The first-order chi connectivity index (χ1) is 6.33. The lowest BCUT2D eigenvalue weighted by atomic mass is 10.4. The maximum atomic E-state index is 8.83. The highest BCUT2D eigenvalue weighted by Crippen LogP contribution is 2.10. The van der Waals surface area contributed by atoms with Crippen molar-refractivity contribution in [1.82, 2.24) is 14.6 Å². The lowest BCUT2D eigenvalue weighted by Gasteiger charge is -1.97. The highest BCUT2D eigenvalue weighted by atomic mass is 16.5. The van der Waals surface area contributed by atoms with Gasteiger partial charge in [0.2, 0.25) is 0 Å². The van der Waals surface area contributed by atoms with Gasteiger partial charge in [0.1, 0.15) is 0 Å². The Morgan fingerprint density at radius 3 is 3.15 bits per heavy atom. The summed E-state index contributed by atoms with van der Waals surface area (Å²) in [6.07, 6.45) is 3.32. The molecule has 0 spiro atoms. The van der Waals surface area contributed by atoms with Gasteiger partial charge in [-0.05, 0) is 0 Å². The van der Waals surface area contributed by atoms with Gasteiger partial charge in [0.25, 0.3) is 0 Å². The predicted octanol–water partition coefficient (Wildman–Crippen LogP) is 0.230. The van der Waals surface area contributed by atoms with Crippen LogP contribution < -0.4 is 4.74 Å². The van der Waals surface area contributed by atoms with Gasteiger partial charge < -0.3 is 9.84 Å². The van der Waals surface area contributed by atoms with E-state index in [1.54, 1.807) is 30.1 Å². The van der Waals surface area contributed by atoms with Crippen molar-refractivity contribution in [2.45, 2.75) is 6.61 Å². The van der Waals surface area contributed by atoms with E-state index in [4.69, 9.17) is 9.84 Å². The van der Waals surface area contributed by atoms with Gasteiger partial charge in [-0.3, -0.25) is 0 Å². The molecule has 5 nitrogen and oxygen atoms in total. The van der Waals surface area contributed by atoms with Crippen molar-refractivity contribution in [3.05, 3.63) is 24.2 Å². The molecular formula is C8H9N3O2. The van der Waals surface area contributed by atoms with Gasteiger partial charge in [0.05, 0.1) is 31.8 Å². The molecule has 0 radical (unpaired) electrons. The van der Waals surface area contributed by atoms with Gasteiger partial charge in [-0.25, -0.2) is 9.50 Å². The fourth-order valence-corrected chi connectivity index (χ4v) is 1.09. The summed E-state index contributed by atoms with van der Waals surface area (Å²) < 4.78 is 6.55. The molecule has 0 amide bonds. The Morgan fingerprint density at radius 1 is 1.62 bits per heavy atom. The number of aliphatic hydroxyl groups is 1. The predicted molar refractivity (Wildman–Crippen MR) is 45.5 cm³/mol.